The normalized spacial score (nSPS) is 13.3. The number of hydrogen-bond acceptors (Lipinski definition) is 0. The van der Waals surface area contributed by atoms with Crippen LogP contribution in [0.1, 0.15) is 115 Å². The maximum Gasteiger partial charge on any atom is 0.0215 e. The molecule has 0 bridgehead atoms. The maximum absolute atomic E-state index is 2.68. The van der Waals surface area contributed by atoms with Gasteiger partial charge in [-0.15, -0.1) is 0 Å². The van der Waals surface area contributed by atoms with Gasteiger partial charge in [-0.25, -0.2) is 0 Å². The van der Waals surface area contributed by atoms with Crippen molar-refractivity contribution in [2.75, 3.05) is 0 Å². The van der Waals surface area contributed by atoms with Crippen LogP contribution in [0.4, 0.5) is 0 Å². The van der Waals surface area contributed by atoms with Crippen LogP contribution in [0.3, 0.4) is 0 Å². The van der Waals surface area contributed by atoms with Crippen molar-refractivity contribution in [3.63, 3.8) is 0 Å². The highest BCUT2D eigenvalue weighted by atomic mass is 14.4. The summed E-state index contributed by atoms with van der Waals surface area (Å²) < 4.78 is 0. The van der Waals surface area contributed by atoms with Gasteiger partial charge in [-0.1, -0.05) is 212 Å². The quantitative estimate of drug-likeness (QED) is 0.0530. The van der Waals surface area contributed by atoms with Gasteiger partial charge in [0.05, 0.1) is 0 Å². The second-order valence-electron chi connectivity index (χ2n) is 16.6. The van der Waals surface area contributed by atoms with Crippen LogP contribution < -0.4 is 0 Å². The summed E-state index contributed by atoms with van der Waals surface area (Å²) in [6.45, 7) is 4.65. The summed E-state index contributed by atoms with van der Waals surface area (Å²) in [7, 11) is 0. The van der Waals surface area contributed by atoms with Crippen molar-refractivity contribution in [1.82, 2.24) is 0 Å². The van der Waals surface area contributed by atoms with E-state index in [0.717, 1.165) is 0 Å². The van der Waals surface area contributed by atoms with E-state index < -0.39 is 0 Å². The van der Waals surface area contributed by atoms with E-state index in [1.165, 1.54) is 166 Å². The van der Waals surface area contributed by atoms with Crippen molar-refractivity contribution in [3.05, 3.63) is 145 Å². The Morgan fingerprint density at radius 3 is 1.51 bits per heavy atom. The fourth-order valence-corrected chi connectivity index (χ4v) is 10.6. The van der Waals surface area contributed by atoms with E-state index in [1.807, 2.05) is 0 Å². The molecule has 276 valence electrons. The smallest absolute Gasteiger partial charge is 0.0215 e. The molecule has 0 radical (unpaired) electrons. The van der Waals surface area contributed by atoms with Crippen LogP contribution in [-0.4, -0.2) is 0 Å². The van der Waals surface area contributed by atoms with E-state index in [1.54, 1.807) is 11.1 Å². The minimum absolute atomic E-state index is 0.0431. The molecule has 0 spiro atoms. The summed E-state index contributed by atoms with van der Waals surface area (Å²) in [5.74, 6) is 0. The monoisotopic (exact) mass is 716 g/mol. The van der Waals surface area contributed by atoms with Crippen LogP contribution in [-0.2, 0) is 5.41 Å². The summed E-state index contributed by atoms with van der Waals surface area (Å²) in [4.78, 5) is 0. The van der Waals surface area contributed by atoms with Crippen LogP contribution in [0.5, 0.6) is 0 Å². The fourth-order valence-electron chi connectivity index (χ4n) is 10.6. The topological polar surface area (TPSA) is 0 Å². The summed E-state index contributed by atoms with van der Waals surface area (Å²) >= 11 is 0. The molecule has 1 aliphatic rings. The Morgan fingerprint density at radius 1 is 0.364 bits per heavy atom. The molecule has 55 heavy (non-hydrogen) atoms. The lowest BCUT2D eigenvalue weighted by molar-refractivity contribution is 0.399. The van der Waals surface area contributed by atoms with Gasteiger partial charge in [0.15, 0.2) is 0 Å². The zero-order valence-electron chi connectivity index (χ0n) is 33.1. The van der Waals surface area contributed by atoms with Crippen molar-refractivity contribution < 1.29 is 0 Å². The van der Waals surface area contributed by atoms with Gasteiger partial charge in [-0.2, -0.15) is 0 Å². The number of rotatable bonds is 16. The second-order valence-corrected chi connectivity index (χ2v) is 16.6. The Hall–Kier alpha value is -4.94. The summed E-state index contributed by atoms with van der Waals surface area (Å²) in [6.07, 6.45) is 18.5. The van der Waals surface area contributed by atoms with Crippen molar-refractivity contribution in [2.45, 2.75) is 109 Å². The molecule has 1 aliphatic carbocycles. The molecule has 0 heteroatoms. The van der Waals surface area contributed by atoms with Crippen LogP contribution >= 0.6 is 0 Å². The molecule has 0 unspecified atom stereocenters. The van der Waals surface area contributed by atoms with Crippen molar-refractivity contribution in [1.29, 1.82) is 0 Å². The molecule has 0 N–H and O–H groups in total. The minimum atomic E-state index is 0.0431. The average Bonchev–Trinajstić information content (AvgIpc) is 3.51. The van der Waals surface area contributed by atoms with Gasteiger partial charge in [0, 0.05) is 5.41 Å². The molecule has 0 aromatic heterocycles. The fraction of sp³-hybridized carbons (Fsp3) is 0.309. The first kappa shape index (κ1) is 35.7. The van der Waals surface area contributed by atoms with Crippen LogP contribution in [0.25, 0.3) is 76.1 Å². The molecular formula is C55H56. The first-order valence-electron chi connectivity index (χ1n) is 21.7. The van der Waals surface area contributed by atoms with E-state index in [0.29, 0.717) is 0 Å². The Labute approximate surface area is 328 Å². The Balaban J connectivity index is 1.26. The molecule has 0 atom stereocenters. The maximum atomic E-state index is 2.68. The van der Waals surface area contributed by atoms with E-state index in [9.17, 15) is 0 Å². The number of unbranched alkanes of at least 4 members (excludes halogenated alkanes) is 10. The summed E-state index contributed by atoms with van der Waals surface area (Å²) in [5, 5.41) is 13.8. The average molecular weight is 717 g/mol. The third kappa shape index (κ3) is 6.33. The van der Waals surface area contributed by atoms with Gasteiger partial charge in [0.25, 0.3) is 0 Å². The molecule has 8 aromatic carbocycles. The lowest BCUT2D eigenvalue weighted by atomic mass is 9.69. The van der Waals surface area contributed by atoms with Gasteiger partial charge in [-0.3, -0.25) is 0 Å². The molecule has 8 aromatic rings. The van der Waals surface area contributed by atoms with E-state index >= 15 is 0 Å². The lowest BCUT2D eigenvalue weighted by Crippen LogP contribution is -2.26. The predicted molar refractivity (Wildman–Crippen MR) is 242 cm³/mol. The molecule has 0 amide bonds. The SMILES string of the molecule is CCCCCCCCC1(CCCCCCCC)c2cccc3ccc4cc(-c5c6ccccc6c(-c6cccc7ccccc67)c6ccccc56)cc1c4c23. The standard InChI is InChI=1S/C55H56/c1-3-5-7-9-11-19-35-55(36-20-12-10-8-6-4-2)49-32-22-25-40-33-34-41-37-42(38-50(55)53(41)52(40)49)51-45-27-15-17-29-47(45)54(48-30-18-16-28-46(48)51)44-31-21-24-39-23-13-14-26-43(39)44/h13-18,21-34,37-38H,3-12,19-20,35-36H2,1-2H3. The Bertz CT molecular complexity index is 2560. The third-order valence-corrected chi connectivity index (χ3v) is 13.2. The largest absolute Gasteiger partial charge is 0.0654 e. The lowest BCUT2D eigenvalue weighted by Gasteiger charge is -2.34. The molecule has 9 rings (SSSR count). The molecule has 0 saturated heterocycles. The molecule has 0 fully saturated rings. The van der Waals surface area contributed by atoms with Gasteiger partial charge in [0.1, 0.15) is 0 Å². The summed E-state index contributed by atoms with van der Waals surface area (Å²) in [6, 6.07) is 51.4. The number of benzene rings is 8. The molecule has 0 aliphatic heterocycles. The number of fused-ring (bicyclic) bond motifs is 3. The zero-order valence-corrected chi connectivity index (χ0v) is 33.1. The Kier molecular flexibility index (Phi) is 10.2. The van der Waals surface area contributed by atoms with Crippen molar-refractivity contribution >= 4 is 53.9 Å². The first-order chi connectivity index (χ1) is 27.2. The molecule has 0 nitrogen and oxygen atoms in total. The molecule has 0 heterocycles. The highest BCUT2D eigenvalue weighted by Gasteiger charge is 2.41. The first-order valence-corrected chi connectivity index (χ1v) is 21.7. The summed E-state index contributed by atoms with van der Waals surface area (Å²) in [5.41, 5.74) is 8.63. The third-order valence-electron chi connectivity index (χ3n) is 13.2. The van der Waals surface area contributed by atoms with Gasteiger partial charge in [0.2, 0.25) is 0 Å². The van der Waals surface area contributed by atoms with Gasteiger partial charge >= 0.3 is 0 Å². The van der Waals surface area contributed by atoms with Gasteiger partial charge in [-0.05, 0) is 112 Å². The van der Waals surface area contributed by atoms with Crippen LogP contribution in [0.2, 0.25) is 0 Å². The predicted octanol–water partition coefficient (Wildman–Crippen LogP) is 16.9. The Morgan fingerprint density at radius 2 is 0.855 bits per heavy atom. The van der Waals surface area contributed by atoms with Crippen molar-refractivity contribution in [2.24, 2.45) is 0 Å². The minimum Gasteiger partial charge on any atom is -0.0654 e. The van der Waals surface area contributed by atoms with Crippen molar-refractivity contribution in [3.8, 4) is 22.3 Å². The van der Waals surface area contributed by atoms with E-state index in [2.05, 4.69) is 147 Å². The highest BCUT2D eigenvalue weighted by molar-refractivity contribution is 6.24. The molecule has 0 saturated carbocycles. The number of hydrogen-bond donors (Lipinski definition) is 0. The molecular weight excluding hydrogens is 661 g/mol. The van der Waals surface area contributed by atoms with E-state index in [-0.39, 0.29) is 5.41 Å². The second kappa shape index (κ2) is 15.7. The van der Waals surface area contributed by atoms with Crippen LogP contribution in [0, 0.1) is 0 Å². The van der Waals surface area contributed by atoms with E-state index in [4.69, 9.17) is 0 Å². The zero-order chi connectivity index (χ0) is 37.2. The van der Waals surface area contributed by atoms with Crippen LogP contribution in [0.15, 0.2) is 133 Å². The highest BCUT2D eigenvalue weighted by Crippen LogP contribution is 2.56. The van der Waals surface area contributed by atoms with Gasteiger partial charge < -0.3 is 0 Å².